The molecule has 0 aliphatic heterocycles. The number of anilines is 1. The van der Waals surface area contributed by atoms with E-state index >= 15 is 0 Å². The van der Waals surface area contributed by atoms with Crippen molar-refractivity contribution in [2.45, 2.75) is 32.8 Å². The normalized spacial score (nSPS) is 14.4. The number of rotatable bonds is 5. The molecule has 2 rings (SSSR count). The third-order valence-corrected chi connectivity index (χ3v) is 3.23. The number of nitrogens with one attached hydrogen (secondary N) is 1. The van der Waals surface area contributed by atoms with Crippen LogP contribution in [-0.4, -0.2) is 27.3 Å². The average molecular weight is 274 g/mol. The van der Waals surface area contributed by atoms with E-state index in [1.165, 1.54) is 0 Å². The lowest BCUT2D eigenvalue weighted by atomic mass is 9.94. The van der Waals surface area contributed by atoms with Crippen LogP contribution in [0.5, 0.6) is 5.75 Å². The summed E-state index contributed by atoms with van der Waals surface area (Å²) >= 11 is 0. The van der Waals surface area contributed by atoms with Gasteiger partial charge >= 0.3 is 0 Å². The van der Waals surface area contributed by atoms with Crippen molar-refractivity contribution in [2.24, 2.45) is 5.92 Å². The summed E-state index contributed by atoms with van der Waals surface area (Å²) in [6.07, 6.45) is 2.44. The monoisotopic (exact) mass is 274 g/mol. The van der Waals surface area contributed by atoms with Crippen LogP contribution < -0.4 is 5.32 Å². The first-order valence-electron chi connectivity index (χ1n) is 6.91. The molecule has 0 amide bonds. The molecule has 0 spiro atoms. The van der Waals surface area contributed by atoms with Crippen LogP contribution in [0.3, 0.4) is 0 Å². The van der Waals surface area contributed by atoms with Crippen molar-refractivity contribution in [3.05, 3.63) is 30.5 Å². The average Bonchev–Trinajstić information content (AvgIpc) is 2.35. The number of aliphatic hydroxyl groups is 1. The van der Waals surface area contributed by atoms with E-state index in [1.807, 2.05) is 19.1 Å². The Morgan fingerprint density at radius 3 is 2.75 bits per heavy atom. The molecule has 2 aromatic rings. The van der Waals surface area contributed by atoms with E-state index in [0.29, 0.717) is 18.3 Å². The van der Waals surface area contributed by atoms with E-state index in [9.17, 15) is 10.2 Å². The maximum atomic E-state index is 10.3. The molecule has 1 aromatic carbocycles. The SMILES string of the molecule is CC(C)CC(C)(O)CNc1nccc2ccc(O)cc12. The quantitative estimate of drug-likeness (QED) is 0.783. The number of hydrogen-bond donors (Lipinski definition) is 3. The molecular formula is C16H22N2O2. The predicted octanol–water partition coefficient (Wildman–Crippen LogP) is 3.15. The fourth-order valence-corrected chi connectivity index (χ4v) is 2.52. The van der Waals surface area contributed by atoms with Gasteiger partial charge in [0.15, 0.2) is 0 Å². The van der Waals surface area contributed by atoms with E-state index in [-0.39, 0.29) is 5.75 Å². The maximum absolute atomic E-state index is 10.3. The fraction of sp³-hybridized carbons (Fsp3) is 0.438. The lowest BCUT2D eigenvalue weighted by Gasteiger charge is -2.26. The molecule has 1 aromatic heterocycles. The minimum absolute atomic E-state index is 0.211. The van der Waals surface area contributed by atoms with Gasteiger partial charge in [-0.25, -0.2) is 4.98 Å². The second-order valence-corrected chi connectivity index (χ2v) is 6.01. The number of phenols is 1. The summed E-state index contributed by atoms with van der Waals surface area (Å²) in [6.45, 7) is 6.42. The summed E-state index contributed by atoms with van der Waals surface area (Å²) in [5, 5.41) is 25.0. The highest BCUT2D eigenvalue weighted by Gasteiger charge is 2.22. The first-order valence-corrected chi connectivity index (χ1v) is 6.91. The lowest BCUT2D eigenvalue weighted by Crippen LogP contribution is -2.35. The zero-order valence-corrected chi connectivity index (χ0v) is 12.2. The van der Waals surface area contributed by atoms with Gasteiger partial charge in [-0.15, -0.1) is 0 Å². The Hall–Kier alpha value is -1.81. The predicted molar refractivity (Wildman–Crippen MR) is 82.0 cm³/mol. The van der Waals surface area contributed by atoms with Crippen LogP contribution in [0.15, 0.2) is 30.5 Å². The van der Waals surface area contributed by atoms with Gasteiger partial charge in [0, 0.05) is 18.1 Å². The van der Waals surface area contributed by atoms with Crippen LogP contribution in [0.2, 0.25) is 0 Å². The molecule has 1 unspecified atom stereocenters. The van der Waals surface area contributed by atoms with Gasteiger partial charge in [0.05, 0.1) is 5.60 Å². The third-order valence-electron chi connectivity index (χ3n) is 3.23. The maximum Gasteiger partial charge on any atom is 0.134 e. The molecule has 3 N–H and O–H groups in total. The van der Waals surface area contributed by atoms with Crippen molar-refractivity contribution >= 4 is 16.6 Å². The standard InChI is InChI=1S/C16H22N2O2/c1-11(2)9-16(3,20)10-18-15-14-8-13(19)5-4-12(14)6-7-17-15/h4-8,11,19-20H,9-10H2,1-3H3,(H,17,18). The highest BCUT2D eigenvalue weighted by Crippen LogP contribution is 2.26. The van der Waals surface area contributed by atoms with Crippen molar-refractivity contribution in [3.8, 4) is 5.75 Å². The van der Waals surface area contributed by atoms with Crippen molar-refractivity contribution in [2.75, 3.05) is 11.9 Å². The number of hydrogen-bond acceptors (Lipinski definition) is 4. The summed E-state index contributed by atoms with van der Waals surface area (Å²) in [7, 11) is 0. The molecule has 4 nitrogen and oxygen atoms in total. The molecule has 0 bridgehead atoms. The molecule has 20 heavy (non-hydrogen) atoms. The van der Waals surface area contributed by atoms with Crippen molar-refractivity contribution < 1.29 is 10.2 Å². The summed E-state index contributed by atoms with van der Waals surface area (Å²) < 4.78 is 0. The van der Waals surface area contributed by atoms with Gasteiger partial charge < -0.3 is 15.5 Å². The first-order chi connectivity index (χ1) is 9.37. The van der Waals surface area contributed by atoms with Gasteiger partial charge in [-0.2, -0.15) is 0 Å². The van der Waals surface area contributed by atoms with Crippen LogP contribution in [0, 0.1) is 5.92 Å². The minimum Gasteiger partial charge on any atom is -0.508 e. The first kappa shape index (κ1) is 14.6. The van der Waals surface area contributed by atoms with Crippen LogP contribution in [0.4, 0.5) is 5.82 Å². The zero-order valence-electron chi connectivity index (χ0n) is 12.2. The van der Waals surface area contributed by atoms with E-state index in [1.54, 1.807) is 18.3 Å². The molecule has 1 atom stereocenters. The molecule has 4 heteroatoms. The fourth-order valence-electron chi connectivity index (χ4n) is 2.52. The number of benzene rings is 1. The van der Waals surface area contributed by atoms with Gasteiger partial charge in [-0.1, -0.05) is 19.9 Å². The van der Waals surface area contributed by atoms with E-state index in [0.717, 1.165) is 17.2 Å². The van der Waals surface area contributed by atoms with Crippen molar-refractivity contribution in [3.63, 3.8) is 0 Å². The van der Waals surface area contributed by atoms with Crippen LogP contribution in [0.1, 0.15) is 27.2 Å². The molecule has 1 heterocycles. The number of aromatic nitrogens is 1. The van der Waals surface area contributed by atoms with Gasteiger partial charge in [0.25, 0.3) is 0 Å². The summed E-state index contributed by atoms with van der Waals surface area (Å²) in [5.74, 6) is 1.32. The van der Waals surface area contributed by atoms with Crippen LogP contribution in [0.25, 0.3) is 10.8 Å². The molecule has 0 fully saturated rings. The minimum atomic E-state index is -0.783. The third kappa shape index (κ3) is 3.61. The Labute approximate surface area is 119 Å². The van der Waals surface area contributed by atoms with Gasteiger partial charge in [0.1, 0.15) is 11.6 Å². The lowest BCUT2D eigenvalue weighted by molar-refractivity contribution is 0.0515. The Morgan fingerprint density at radius 2 is 2.05 bits per heavy atom. The molecule has 0 saturated heterocycles. The van der Waals surface area contributed by atoms with E-state index in [2.05, 4.69) is 24.1 Å². The second kappa shape index (κ2) is 5.67. The van der Waals surface area contributed by atoms with E-state index in [4.69, 9.17) is 0 Å². The smallest absolute Gasteiger partial charge is 0.134 e. The van der Waals surface area contributed by atoms with Gasteiger partial charge in [0.2, 0.25) is 0 Å². The Bertz CT molecular complexity index is 594. The van der Waals surface area contributed by atoms with Crippen LogP contribution >= 0.6 is 0 Å². The Kier molecular flexibility index (Phi) is 4.14. The van der Waals surface area contributed by atoms with Crippen molar-refractivity contribution in [1.82, 2.24) is 4.98 Å². The topological polar surface area (TPSA) is 65.4 Å². The molecule has 0 saturated carbocycles. The summed E-state index contributed by atoms with van der Waals surface area (Å²) in [4.78, 5) is 4.30. The van der Waals surface area contributed by atoms with Crippen LogP contribution in [-0.2, 0) is 0 Å². The Balaban J connectivity index is 2.20. The van der Waals surface area contributed by atoms with Gasteiger partial charge in [-0.05, 0) is 42.8 Å². The summed E-state index contributed by atoms with van der Waals surface area (Å²) in [5.41, 5.74) is -0.783. The Morgan fingerprint density at radius 1 is 1.30 bits per heavy atom. The largest absolute Gasteiger partial charge is 0.508 e. The molecule has 108 valence electrons. The van der Waals surface area contributed by atoms with Gasteiger partial charge in [-0.3, -0.25) is 0 Å². The van der Waals surface area contributed by atoms with Crippen molar-refractivity contribution in [1.29, 1.82) is 0 Å². The molecule has 0 aliphatic rings. The molecular weight excluding hydrogens is 252 g/mol. The number of aromatic hydroxyl groups is 1. The number of pyridine rings is 1. The number of fused-ring (bicyclic) bond motifs is 1. The van der Waals surface area contributed by atoms with E-state index < -0.39 is 5.60 Å². The highest BCUT2D eigenvalue weighted by molar-refractivity contribution is 5.92. The number of nitrogens with zero attached hydrogens (tertiary/aromatic N) is 1. The molecule has 0 radical (unpaired) electrons. The zero-order chi connectivity index (χ0) is 14.8. The summed E-state index contributed by atoms with van der Waals surface area (Å²) in [6, 6.07) is 7.08. The molecule has 0 aliphatic carbocycles. The second-order valence-electron chi connectivity index (χ2n) is 6.01. The number of phenolic OH excluding ortho intramolecular Hbond substituents is 1. The highest BCUT2D eigenvalue weighted by atomic mass is 16.3.